The molecule has 0 aliphatic carbocycles. The molecule has 0 aliphatic heterocycles. The zero-order chi connectivity index (χ0) is 3.41. The molecule has 0 heterocycles. The average molecular weight is 140 g/mol. The van der Waals surface area contributed by atoms with Gasteiger partial charge < -0.3 is 0 Å². The number of hydrogen-bond donors (Lipinski definition) is 0. The first-order valence-corrected chi connectivity index (χ1v) is 3.69. The molecule has 0 fully saturated rings. The Kier molecular flexibility index (Phi) is 3.55. The second-order valence-corrected chi connectivity index (χ2v) is 1.68. The van der Waals surface area contributed by atoms with Gasteiger partial charge >= 0.3 is 34.4 Å². The Hall–Kier alpha value is 0.299. The molecule has 1 nitrogen and oxygen atoms in total. The molecule has 0 saturated carbocycles. The van der Waals surface area contributed by atoms with Gasteiger partial charge in [-0.3, -0.25) is 0 Å². The van der Waals surface area contributed by atoms with Crippen LogP contribution in [0.4, 0.5) is 0 Å². The first-order chi connectivity index (χ1) is 1.91. The molecular formula is CClNSe. The van der Waals surface area contributed by atoms with Crippen LogP contribution in [0.3, 0.4) is 0 Å². The van der Waals surface area contributed by atoms with Crippen molar-refractivity contribution in [1.82, 2.24) is 0 Å². The summed E-state index contributed by atoms with van der Waals surface area (Å²) in [6.07, 6.45) is 0. The fraction of sp³-hybridized carbons (Fsp3) is 0. The van der Waals surface area contributed by atoms with Crippen LogP contribution in [0.5, 0.6) is 0 Å². The number of hydrogen-bond acceptors (Lipinski definition) is 1. The fourth-order valence-electron chi connectivity index (χ4n) is 0. The van der Waals surface area contributed by atoms with Crippen molar-refractivity contribution in [3.63, 3.8) is 0 Å². The maximum atomic E-state index is 7.52. The molecule has 0 rings (SSSR count). The second kappa shape index (κ2) is 3.30. The minimum atomic E-state index is -0.306. The van der Waals surface area contributed by atoms with Gasteiger partial charge in [-0.15, -0.1) is 0 Å². The van der Waals surface area contributed by atoms with E-state index in [2.05, 4.69) is 0 Å². The van der Waals surface area contributed by atoms with Crippen molar-refractivity contribution in [3.8, 4) is 4.97 Å². The standard InChI is InChI=1S/CClNSe/c2-4-1-3. The average Bonchev–Trinajstić information content (AvgIpc) is 1.37. The first kappa shape index (κ1) is 4.30. The van der Waals surface area contributed by atoms with E-state index in [1.54, 1.807) is 4.97 Å². The quantitative estimate of drug-likeness (QED) is 0.445. The molecule has 0 aliphatic rings. The van der Waals surface area contributed by atoms with Crippen LogP contribution in [-0.2, 0) is 0 Å². The summed E-state index contributed by atoms with van der Waals surface area (Å²) < 4.78 is 0. The Balaban J connectivity index is 2.43. The predicted molar refractivity (Wildman–Crippen MR) is 17.2 cm³/mol. The third-order valence-electron chi connectivity index (χ3n) is 0.0345. The number of rotatable bonds is 0. The summed E-state index contributed by atoms with van der Waals surface area (Å²) in [6, 6.07) is 0. The van der Waals surface area contributed by atoms with Crippen LogP contribution in [0, 0.1) is 10.2 Å². The van der Waals surface area contributed by atoms with Crippen LogP contribution < -0.4 is 0 Å². The predicted octanol–water partition coefficient (Wildman–Crippen LogP) is 0.325. The van der Waals surface area contributed by atoms with Gasteiger partial charge in [0.1, 0.15) is 0 Å². The normalized spacial score (nSPS) is 5.00. The zero-order valence-corrected chi connectivity index (χ0v) is 4.20. The molecule has 0 saturated heterocycles. The van der Waals surface area contributed by atoms with Gasteiger partial charge in [0.25, 0.3) is 0 Å². The SMILES string of the molecule is N#C[Se]Cl. The van der Waals surface area contributed by atoms with E-state index in [4.69, 9.17) is 15.4 Å². The summed E-state index contributed by atoms with van der Waals surface area (Å²) in [6.45, 7) is 0. The topological polar surface area (TPSA) is 23.8 Å². The Morgan fingerprint density at radius 1 is 2.00 bits per heavy atom. The monoisotopic (exact) mass is 141 g/mol. The van der Waals surface area contributed by atoms with Crippen molar-refractivity contribution in [2.75, 3.05) is 0 Å². The third kappa shape index (κ3) is 2.30. The number of nitrogens with zero attached hydrogens (tertiary/aromatic N) is 1. The van der Waals surface area contributed by atoms with E-state index in [0.29, 0.717) is 0 Å². The van der Waals surface area contributed by atoms with Crippen molar-refractivity contribution in [3.05, 3.63) is 0 Å². The van der Waals surface area contributed by atoms with Gasteiger partial charge in [-0.2, -0.15) is 0 Å². The Morgan fingerprint density at radius 3 is 2.25 bits per heavy atom. The fourth-order valence-corrected chi connectivity index (χ4v) is 0. The van der Waals surface area contributed by atoms with Gasteiger partial charge in [-0.25, -0.2) is 0 Å². The van der Waals surface area contributed by atoms with Gasteiger partial charge in [0.05, 0.1) is 0 Å². The summed E-state index contributed by atoms with van der Waals surface area (Å²) in [7, 11) is 4.89. The molecule has 0 amide bonds. The van der Waals surface area contributed by atoms with Gasteiger partial charge in [0.15, 0.2) is 0 Å². The molecule has 0 aromatic carbocycles. The van der Waals surface area contributed by atoms with Gasteiger partial charge in [0, 0.05) is 0 Å². The summed E-state index contributed by atoms with van der Waals surface area (Å²) in [4.78, 5) is 1.76. The molecule has 0 N–H and O–H groups in total. The van der Waals surface area contributed by atoms with Crippen molar-refractivity contribution in [1.29, 1.82) is 5.26 Å². The van der Waals surface area contributed by atoms with Gasteiger partial charge in [0.2, 0.25) is 0 Å². The van der Waals surface area contributed by atoms with Crippen molar-refractivity contribution in [2.24, 2.45) is 0 Å². The van der Waals surface area contributed by atoms with E-state index in [9.17, 15) is 0 Å². The molecule has 0 radical (unpaired) electrons. The molecule has 0 aromatic rings. The van der Waals surface area contributed by atoms with Crippen molar-refractivity contribution < 1.29 is 0 Å². The number of halogens is 1. The Bertz CT molecular complexity index is 37.8. The van der Waals surface area contributed by atoms with E-state index >= 15 is 0 Å². The van der Waals surface area contributed by atoms with Crippen LogP contribution in [0.2, 0.25) is 0 Å². The van der Waals surface area contributed by atoms with Crippen LogP contribution in [0.25, 0.3) is 0 Å². The first-order valence-electron chi connectivity index (χ1n) is 0.582. The number of nitriles is 1. The Morgan fingerprint density at radius 2 is 2.25 bits per heavy atom. The molecule has 0 spiro atoms. The molecule has 22 valence electrons. The van der Waals surface area contributed by atoms with E-state index in [1.807, 2.05) is 0 Å². The third-order valence-corrected chi connectivity index (χ3v) is 0.538. The van der Waals surface area contributed by atoms with Crippen LogP contribution in [0.15, 0.2) is 0 Å². The molecule has 0 unspecified atom stereocenters. The molecule has 0 bridgehead atoms. The molecular weight excluding hydrogens is 140 g/mol. The van der Waals surface area contributed by atoms with Gasteiger partial charge in [-0.1, -0.05) is 0 Å². The molecule has 4 heavy (non-hydrogen) atoms. The van der Waals surface area contributed by atoms with E-state index in [-0.39, 0.29) is 14.0 Å². The van der Waals surface area contributed by atoms with E-state index in [1.165, 1.54) is 0 Å². The molecule has 0 atom stereocenters. The summed E-state index contributed by atoms with van der Waals surface area (Å²) in [5.41, 5.74) is 0. The van der Waals surface area contributed by atoms with Gasteiger partial charge in [-0.05, 0) is 0 Å². The summed E-state index contributed by atoms with van der Waals surface area (Å²) in [5.74, 6) is 0. The van der Waals surface area contributed by atoms with Crippen molar-refractivity contribution in [2.45, 2.75) is 0 Å². The van der Waals surface area contributed by atoms with E-state index < -0.39 is 0 Å². The Labute approximate surface area is 34.9 Å². The minimum absolute atomic E-state index is 0.306. The van der Waals surface area contributed by atoms with Crippen LogP contribution in [-0.4, -0.2) is 14.0 Å². The van der Waals surface area contributed by atoms with Crippen molar-refractivity contribution >= 4 is 24.1 Å². The summed E-state index contributed by atoms with van der Waals surface area (Å²) >= 11 is -0.306. The molecule has 3 heteroatoms. The zero-order valence-electron chi connectivity index (χ0n) is 1.73. The summed E-state index contributed by atoms with van der Waals surface area (Å²) in [5, 5.41) is 7.52. The maximum absolute atomic E-state index is 7.52. The van der Waals surface area contributed by atoms with E-state index in [0.717, 1.165) is 0 Å². The van der Waals surface area contributed by atoms with Crippen LogP contribution >= 0.6 is 10.1 Å². The molecule has 0 aromatic heterocycles. The second-order valence-electron chi connectivity index (χ2n) is 0.168. The van der Waals surface area contributed by atoms with Crippen LogP contribution in [0.1, 0.15) is 0 Å².